The van der Waals surface area contributed by atoms with Crippen molar-refractivity contribution in [3.05, 3.63) is 26.6 Å². The number of hydrogen-bond acceptors (Lipinski definition) is 5. The average molecular weight is 349 g/mol. The van der Waals surface area contributed by atoms with E-state index in [9.17, 15) is 19.5 Å². The van der Waals surface area contributed by atoms with Crippen LogP contribution in [0.3, 0.4) is 0 Å². The summed E-state index contributed by atoms with van der Waals surface area (Å²) in [5, 5.41) is 12.4. The Labute approximate surface area is 142 Å². The zero-order valence-corrected chi connectivity index (χ0v) is 14.4. The van der Waals surface area contributed by atoms with Gasteiger partial charge in [0, 0.05) is 6.04 Å². The SMILES string of the molecule is Cc1c(C(=O)O)sc2nc(C)n(CC(=O)NC3CCCC3)c(=O)c12. The smallest absolute Gasteiger partial charge is 0.346 e. The molecule has 0 unspecified atom stereocenters. The molecule has 2 heterocycles. The van der Waals surface area contributed by atoms with Gasteiger partial charge in [-0.25, -0.2) is 9.78 Å². The van der Waals surface area contributed by atoms with Crippen LogP contribution in [-0.2, 0) is 11.3 Å². The number of aromatic nitrogens is 2. The molecular weight excluding hydrogens is 330 g/mol. The number of carbonyl (C=O) groups is 2. The summed E-state index contributed by atoms with van der Waals surface area (Å²) in [6.07, 6.45) is 4.18. The molecular formula is C16H19N3O4S. The molecule has 2 aromatic heterocycles. The number of fused-ring (bicyclic) bond motifs is 1. The molecule has 1 aliphatic rings. The molecule has 1 saturated carbocycles. The summed E-state index contributed by atoms with van der Waals surface area (Å²) < 4.78 is 1.32. The summed E-state index contributed by atoms with van der Waals surface area (Å²) in [6.45, 7) is 3.16. The van der Waals surface area contributed by atoms with E-state index < -0.39 is 5.97 Å². The van der Waals surface area contributed by atoms with Gasteiger partial charge in [0.2, 0.25) is 5.91 Å². The fourth-order valence-electron chi connectivity index (χ4n) is 3.20. The molecule has 2 aromatic rings. The van der Waals surface area contributed by atoms with Crippen molar-refractivity contribution in [2.45, 2.75) is 52.1 Å². The van der Waals surface area contributed by atoms with Crippen LogP contribution < -0.4 is 10.9 Å². The van der Waals surface area contributed by atoms with E-state index in [1.54, 1.807) is 13.8 Å². The zero-order chi connectivity index (χ0) is 17.4. The van der Waals surface area contributed by atoms with Gasteiger partial charge in [-0.3, -0.25) is 14.2 Å². The fraction of sp³-hybridized carbons (Fsp3) is 0.500. The molecule has 0 aromatic carbocycles. The second kappa shape index (κ2) is 6.35. The third kappa shape index (κ3) is 2.93. The summed E-state index contributed by atoms with van der Waals surface area (Å²) in [4.78, 5) is 41.0. The maximum Gasteiger partial charge on any atom is 0.346 e. The normalized spacial score (nSPS) is 15.1. The minimum Gasteiger partial charge on any atom is -0.477 e. The summed E-state index contributed by atoms with van der Waals surface area (Å²) in [5.74, 6) is -0.870. The second-order valence-corrected chi connectivity index (χ2v) is 7.14. The summed E-state index contributed by atoms with van der Waals surface area (Å²) in [5.41, 5.74) is 0.0465. The molecule has 0 aliphatic heterocycles. The molecule has 0 bridgehead atoms. The fourth-order valence-corrected chi connectivity index (χ4v) is 4.25. The quantitative estimate of drug-likeness (QED) is 0.877. The Bertz CT molecular complexity index is 878. The highest BCUT2D eigenvalue weighted by molar-refractivity contribution is 7.20. The van der Waals surface area contributed by atoms with Crippen molar-refractivity contribution in [2.75, 3.05) is 0 Å². The van der Waals surface area contributed by atoms with Crippen molar-refractivity contribution in [1.29, 1.82) is 0 Å². The van der Waals surface area contributed by atoms with Crippen LogP contribution in [0.25, 0.3) is 10.2 Å². The van der Waals surface area contributed by atoms with Gasteiger partial charge in [0.1, 0.15) is 22.1 Å². The lowest BCUT2D eigenvalue weighted by atomic mass is 10.2. The summed E-state index contributed by atoms with van der Waals surface area (Å²) in [7, 11) is 0. The number of carboxylic acids is 1. The predicted molar refractivity (Wildman–Crippen MR) is 90.7 cm³/mol. The number of carboxylic acid groups (broad SMARTS) is 1. The van der Waals surface area contributed by atoms with Crippen molar-refractivity contribution in [3.63, 3.8) is 0 Å². The lowest BCUT2D eigenvalue weighted by molar-refractivity contribution is -0.122. The molecule has 0 radical (unpaired) electrons. The maximum absolute atomic E-state index is 12.7. The Morgan fingerprint density at radius 1 is 1.33 bits per heavy atom. The van der Waals surface area contributed by atoms with Crippen molar-refractivity contribution < 1.29 is 14.7 Å². The highest BCUT2D eigenvalue weighted by Crippen LogP contribution is 2.27. The third-order valence-corrected chi connectivity index (χ3v) is 5.63. The highest BCUT2D eigenvalue weighted by Gasteiger charge is 2.22. The van der Waals surface area contributed by atoms with Crippen molar-refractivity contribution in [3.8, 4) is 0 Å². The lowest BCUT2D eigenvalue weighted by Crippen LogP contribution is -2.38. The van der Waals surface area contributed by atoms with E-state index in [1.165, 1.54) is 4.57 Å². The molecule has 0 spiro atoms. The number of amides is 1. The van der Waals surface area contributed by atoms with Crippen molar-refractivity contribution >= 4 is 33.4 Å². The van der Waals surface area contributed by atoms with Crippen LogP contribution in [0.15, 0.2) is 4.79 Å². The minimum absolute atomic E-state index is 0.0954. The molecule has 1 fully saturated rings. The number of thiophene rings is 1. The molecule has 7 nitrogen and oxygen atoms in total. The first-order valence-corrected chi connectivity index (χ1v) is 8.73. The van der Waals surface area contributed by atoms with E-state index in [1.807, 2.05) is 0 Å². The van der Waals surface area contributed by atoms with E-state index >= 15 is 0 Å². The van der Waals surface area contributed by atoms with Crippen LogP contribution in [0.2, 0.25) is 0 Å². The Morgan fingerprint density at radius 2 is 2.00 bits per heavy atom. The molecule has 0 atom stereocenters. The molecule has 3 rings (SSSR count). The van der Waals surface area contributed by atoms with E-state index in [0.717, 1.165) is 37.0 Å². The van der Waals surface area contributed by atoms with Crippen LogP contribution >= 0.6 is 11.3 Å². The van der Waals surface area contributed by atoms with Gasteiger partial charge in [0.05, 0.1) is 5.39 Å². The largest absolute Gasteiger partial charge is 0.477 e. The van der Waals surface area contributed by atoms with Crippen LogP contribution in [0.4, 0.5) is 0 Å². The summed E-state index contributed by atoms with van der Waals surface area (Å²) >= 11 is 0.990. The topological polar surface area (TPSA) is 101 Å². The molecule has 8 heteroatoms. The number of carbonyl (C=O) groups excluding carboxylic acids is 1. The number of rotatable bonds is 4. The molecule has 1 aliphatic carbocycles. The van der Waals surface area contributed by atoms with Gasteiger partial charge in [-0.05, 0) is 32.3 Å². The first kappa shape index (κ1) is 16.6. The highest BCUT2D eigenvalue weighted by atomic mass is 32.1. The predicted octanol–water partition coefficient (Wildman–Crippen LogP) is 1.83. The van der Waals surface area contributed by atoms with Gasteiger partial charge in [-0.2, -0.15) is 0 Å². The number of nitrogens with zero attached hydrogens (tertiary/aromatic N) is 2. The van der Waals surface area contributed by atoms with Gasteiger partial charge in [0.15, 0.2) is 0 Å². The van der Waals surface area contributed by atoms with E-state index in [2.05, 4.69) is 10.3 Å². The molecule has 2 N–H and O–H groups in total. The molecule has 24 heavy (non-hydrogen) atoms. The van der Waals surface area contributed by atoms with E-state index in [4.69, 9.17) is 0 Å². The van der Waals surface area contributed by atoms with Crippen LogP contribution in [0.5, 0.6) is 0 Å². The molecule has 128 valence electrons. The van der Waals surface area contributed by atoms with Crippen LogP contribution in [0.1, 0.15) is 46.7 Å². The van der Waals surface area contributed by atoms with Crippen LogP contribution in [-0.4, -0.2) is 32.6 Å². The molecule has 1 amide bonds. The number of hydrogen-bond donors (Lipinski definition) is 2. The zero-order valence-electron chi connectivity index (χ0n) is 13.6. The number of aromatic carboxylic acids is 1. The van der Waals surface area contributed by atoms with Gasteiger partial charge in [-0.1, -0.05) is 12.8 Å². The second-order valence-electron chi connectivity index (χ2n) is 6.14. The van der Waals surface area contributed by atoms with Gasteiger partial charge >= 0.3 is 5.97 Å². The van der Waals surface area contributed by atoms with Gasteiger partial charge in [0.25, 0.3) is 5.56 Å². The molecule has 0 saturated heterocycles. The van der Waals surface area contributed by atoms with Crippen molar-refractivity contribution in [1.82, 2.24) is 14.9 Å². The monoisotopic (exact) mass is 349 g/mol. The van der Waals surface area contributed by atoms with E-state index in [-0.39, 0.29) is 34.3 Å². The number of aryl methyl sites for hydroxylation is 2. The number of nitrogens with one attached hydrogen (secondary N) is 1. The maximum atomic E-state index is 12.7. The van der Waals surface area contributed by atoms with Gasteiger partial charge in [-0.15, -0.1) is 11.3 Å². The Kier molecular flexibility index (Phi) is 4.40. The summed E-state index contributed by atoms with van der Waals surface area (Å²) in [6, 6.07) is 0.187. The third-order valence-electron chi connectivity index (χ3n) is 4.46. The first-order chi connectivity index (χ1) is 11.4. The average Bonchev–Trinajstić information content (AvgIpc) is 3.11. The standard InChI is InChI=1S/C16H19N3O4S/c1-8-12-14(24-13(8)16(22)23)17-9(2)19(15(12)21)7-11(20)18-10-5-3-4-6-10/h10H,3-7H2,1-2H3,(H,18,20)(H,22,23). The minimum atomic E-state index is -1.07. The Balaban J connectivity index is 1.95. The van der Waals surface area contributed by atoms with Gasteiger partial charge < -0.3 is 10.4 Å². The lowest BCUT2D eigenvalue weighted by Gasteiger charge is -2.14. The van der Waals surface area contributed by atoms with Crippen LogP contribution in [0, 0.1) is 13.8 Å². The Morgan fingerprint density at radius 3 is 2.62 bits per heavy atom. The first-order valence-electron chi connectivity index (χ1n) is 7.91. The van der Waals surface area contributed by atoms with Crippen molar-refractivity contribution in [2.24, 2.45) is 0 Å². The van der Waals surface area contributed by atoms with E-state index in [0.29, 0.717) is 16.2 Å². The Hall–Kier alpha value is -2.22.